The van der Waals surface area contributed by atoms with Gasteiger partial charge in [0.2, 0.25) is 0 Å². The predicted molar refractivity (Wildman–Crippen MR) is 78.2 cm³/mol. The highest BCUT2D eigenvalue weighted by molar-refractivity contribution is 5.10. The van der Waals surface area contributed by atoms with E-state index in [1.165, 1.54) is 37.7 Å². The van der Waals surface area contributed by atoms with E-state index >= 15 is 0 Å². The summed E-state index contributed by atoms with van der Waals surface area (Å²) in [5, 5.41) is 3.77. The zero-order valence-corrected chi connectivity index (χ0v) is 11.9. The molecule has 0 saturated carbocycles. The molecule has 3 rings (SSSR count). The summed E-state index contributed by atoms with van der Waals surface area (Å²) in [5.74, 6) is 0. The first-order valence-corrected chi connectivity index (χ1v) is 7.67. The second-order valence-electron chi connectivity index (χ2n) is 6.13. The Balaban J connectivity index is 1.46. The van der Waals surface area contributed by atoms with Gasteiger partial charge in [-0.2, -0.15) is 0 Å². The number of hydrogen-bond donors (Lipinski definition) is 1. The zero-order chi connectivity index (χ0) is 13.1. The van der Waals surface area contributed by atoms with Crippen LogP contribution < -0.4 is 5.32 Å². The fourth-order valence-corrected chi connectivity index (χ4v) is 3.75. The minimum Gasteiger partial charge on any atom is -0.314 e. The number of aromatic nitrogens is 1. The lowest BCUT2D eigenvalue weighted by Gasteiger charge is -2.47. The molecule has 1 N–H and O–H groups in total. The molecule has 0 aromatic carbocycles. The van der Waals surface area contributed by atoms with Crippen molar-refractivity contribution in [1.29, 1.82) is 0 Å². The van der Waals surface area contributed by atoms with Crippen LogP contribution in [0.3, 0.4) is 0 Å². The van der Waals surface area contributed by atoms with Gasteiger partial charge in [0, 0.05) is 30.5 Å². The van der Waals surface area contributed by atoms with Crippen molar-refractivity contribution < 1.29 is 0 Å². The number of pyridine rings is 1. The lowest BCUT2D eigenvalue weighted by atomic mass is 9.82. The zero-order valence-electron chi connectivity index (χ0n) is 11.9. The van der Waals surface area contributed by atoms with Crippen LogP contribution in [0, 0.1) is 0 Å². The molecule has 1 aromatic rings. The Morgan fingerprint density at radius 1 is 1.21 bits per heavy atom. The average Bonchev–Trinajstić information content (AvgIpc) is 2.41. The maximum atomic E-state index is 4.06. The molecule has 19 heavy (non-hydrogen) atoms. The highest BCUT2D eigenvalue weighted by Crippen LogP contribution is 2.32. The third-order valence-electron chi connectivity index (χ3n) is 4.94. The van der Waals surface area contributed by atoms with Gasteiger partial charge in [0.05, 0.1) is 0 Å². The minimum atomic E-state index is 0.730. The molecule has 0 spiro atoms. The summed E-state index contributed by atoms with van der Waals surface area (Å²) in [5.41, 5.74) is 1.38. The van der Waals surface area contributed by atoms with Crippen molar-refractivity contribution in [2.24, 2.45) is 0 Å². The number of nitrogens with one attached hydrogen (secondary N) is 1. The highest BCUT2D eigenvalue weighted by Gasteiger charge is 2.35. The van der Waals surface area contributed by atoms with Crippen LogP contribution in [-0.2, 0) is 6.42 Å². The first-order valence-electron chi connectivity index (χ1n) is 7.67. The smallest absolute Gasteiger partial charge is 0.0270 e. The van der Waals surface area contributed by atoms with Crippen LogP contribution >= 0.6 is 0 Å². The van der Waals surface area contributed by atoms with Crippen molar-refractivity contribution in [1.82, 2.24) is 15.2 Å². The van der Waals surface area contributed by atoms with Crippen LogP contribution in [0.25, 0.3) is 0 Å². The molecule has 0 amide bonds. The first-order chi connectivity index (χ1) is 9.33. The van der Waals surface area contributed by atoms with E-state index in [2.05, 4.69) is 34.4 Å². The van der Waals surface area contributed by atoms with E-state index < -0.39 is 0 Å². The van der Waals surface area contributed by atoms with Gasteiger partial charge in [0.15, 0.2) is 0 Å². The van der Waals surface area contributed by atoms with Gasteiger partial charge in [-0.3, -0.25) is 4.98 Å². The predicted octanol–water partition coefficient (Wildman–Crippen LogP) is 2.23. The largest absolute Gasteiger partial charge is 0.314 e. The molecule has 0 radical (unpaired) electrons. The van der Waals surface area contributed by atoms with Gasteiger partial charge in [0.25, 0.3) is 0 Å². The molecule has 2 aliphatic heterocycles. The summed E-state index contributed by atoms with van der Waals surface area (Å²) in [7, 11) is 2.32. The standard InChI is InChI=1S/C16H25N3/c1-19-15-3-2-4-16(19)12-14(11-15)18-10-7-13-5-8-17-9-6-13/h5-6,8-9,14-16,18H,2-4,7,10-12H2,1H3. The fraction of sp³-hybridized carbons (Fsp3) is 0.688. The van der Waals surface area contributed by atoms with Crippen molar-refractivity contribution in [3.63, 3.8) is 0 Å². The van der Waals surface area contributed by atoms with Crippen molar-refractivity contribution in [2.75, 3.05) is 13.6 Å². The Kier molecular flexibility index (Phi) is 4.14. The number of fused-ring (bicyclic) bond motifs is 2. The van der Waals surface area contributed by atoms with Gasteiger partial charge in [-0.1, -0.05) is 6.42 Å². The van der Waals surface area contributed by atoms with E-state index in [-0.39, 0.29) is 0 Å². The van der Waals surface area contributed by atoms with E-state index in [0.29, 0.717) is 0 Å². The molecule has 2 fully saturated rings. The maximum Gasteiger partial charge on any atom is 0.0270 e. The Morgan fingerprint density at radius 3 is 2.58 bits per heavy atom. The molecule has 2 atom stereocenters. The Bertz CT molecular complexity index is 378. The van der Waals surface area contributed by atoms with E-state index in [1.54, 1.807) is 0 Å². The Labute approximate surface area is 116 Å². The lowest BCUT2D eigenvalue weighted by molar-refractivity contribution is 0.0488. The molecule has 2 unspecified atom stereocenters. The average molecular weight is 259 g/mol. The van der Waals surface area contributed by atoms with E-state index in [1.807, 2.05) is 12.4 Å². The third-order valence-corrected chi connectivity index (χ3v) is 4.94. The fourth-order valence-electron chi connectivity index (χ4n) is 3.75. The molecule has 3 heterocycles. The quantitative estimate of drug-likeness (QED) is 0.899. The molecule has 0 aliphatic carbocycles. The molecule has 3 heteroatoms. The summed E-state index contributed by atoms with van der Waals surface area (Å²) in [4.78, 5) is 6.69. The number of hydrogen-bond acceptors (Lipinski definition) is 3. The second kappa shape index (κ2) is 6.02. The lowest BCUT2D eigenvalue weighted by Crippen LogP contribution is -2.54. The third kappa shape index (κ3) is 3.15. The Hall–Kier alpha value is -0.930. The van der Waals surface area contributed by atoms with Crippen molar-refractivity contribution in [3.05, 3.63) is 30.1 Å². The summed E-state index contributed by atoms with van der Waals surface area (Å²) in [6.45, 7) is 1.10. The molecule has 3 nitrogen and oxygen atoms in total. The summed E-state index contributed by atoms with van der Waals surface area (Å²) < 4.78 is 0. The van der Waals surface area contributed by atoms with Crippen LogP contribution in [0.2, 0.25) is 0 Å². The van der Waals surface area contributed by atoms with Crippen LogP contribution in [-0.4, -0.2) is 41.6 Å². The monoisotopic (exact) mass is 259 g/mol. The molecule has 104 valence electrons. The van der Waals surface area contributed by atoms with Gasteiger partial charge in [-0.05, 0) is 63.4 Å². The van der Waals surface area contributed by atoms with Gasteiger partial charge in [-0.25, -0.2) is 0 Å². The van der Waals surface area contributed by atoms with Crippen molar-refractivity contribution in [3.8, 4) is 0 Å². The van der Waals surface area contributed by atoms with Crippen molar-refractivity contribution >= 4 is 0 Å². The molecule has 1 aromatic heterocycles. The summed E-state index contributed by atoms with van der Waals surface area (Å²) >= 11 is 0. The number of rotatable bonds is 4. The van der Waals surface area contributed by atoms with Gasteiger partial charge in [-0.15, -0.1) is 0 Å². The highest BCUT2D eigenvalue weighted by atomic mass is 15.2. The van der Waals surface area contributed by atoms with Crippen molar-refractivity contribution in [2.45, 2.75) is 56.7 Å². The summed E-state index contributed by atoms with van der Waals surface area (Å²) in [6, 6.07) is 6.61. The number of piperidine rings is 2. The van der Waals surface area contributed by atoms with Crippen LogP contribution in [0.4, 0.5) is 0 Å². The Morgan fingerprint density at radius 2 is 1.89 bits per heavy atom. The van der Waals surface area contributed by atoms with Crippen LogP contribution in [0.5, 0.6) is 0 Å². The number of nitrogens with zero attached hydrogens (tertiary/aromatic N) is 2. The summed E-state index contributed by atoms with van der Waals surface area (Å²) in [6.07, 6.45) is 11.8. The second-order valence-corrected chi connectivity index (χ2v) is 6.13. The van der Waals surface area contributed by atoms with E-state index in [9.17, 15) is 0 Å². The topological polar surface area (TPSA) is 28.2 Å². The molecular weight excluding hydrogens is 234 g/mol. The van der Waals surface area contributed by atoms with Gasteiger partial charge in [0.1, 0.15) is 0 Å². The minimum absolute atomic E-state index is 0.730. The van der Waals surface area contributed by atoms with E-state index in [4.69, 9.17) is 0 Å². The van der Waals surface area contributed by atoms with Crippen LogP contribution in [0.15, 0.2) is 24.5 Å². The SMILES string of the molecule is CN1C2CCCC1CC(NCCc1ccncc1)C2. The molecule has 2 saturated heterocycles. The van der Waals surface area contributed by atoms with Gasteiger partial charge < -0.3 is 10.2 Å². The van der Waals surface area contributed by atoms with E-state index in [0.717, 1.165) is 31.1 Å². The van der Waals surface area contributed by atoms with Crippen LogP contribution in [0.1, 0.15) is 37.7 Å². The molecule has 2 aliphatic rings. The maximum absolute atomic E-state index is 4.06. The first kappa shape index (κ1) is 13.1. The molecule has 2 bridgehead atoms. The normalized spacial score (nSPS) is 31.3. The molecular formula is C16H25N3. The van der Waals surface area contributed by atoms with Gasteiger partial charge >= 0.3 is 0 Å².